The van der Waals surface area contributed by atoms with Gasteiger partial charge in [-0.3, -0.25) is 4.90 Å². The van der Waals surface area contributed by atoms with Gasteiger partial charge in [0.25, 0.3) is 0 Å². The van der Waals surface area contributed by atoms with Gasteiger partial charge in [0.1, 0.15) is 17.8 Å². The lowest BCUT2D eigenvalue weighted by Gasteiger charge is -2.15. The van der Waals surface area contributed by atoms with E-state index in [1.165, 1.54) is 6.33 Å². The van der Waals surface area contributed by atoms with Crippen LogP contribution in [0.2, 0.25) is 10.0 Å². The maximum absolute atomic E-state index is 6.25. The molecule has 0 amide bonds. The van der Waals surface area contributed by atoms with Gasteiger partial charge in [-0.25, -0.2) is 9.97 Å². The molecule has 2 heterocycles. The zero-order chi connectivity index (χ0) is 17.4. The van der Waals surface area contributed by atoms with Gasteiger partial charge in [-0.1, -0.05) is 40.5 Å². The molecule has 0 unspecified atom stereocenters. The molecule has 0 saturated carbocycles. The molecule has 0 fully saturated rings. The first kappa shape index (κ1) is 15.9. The highest BCUT2D eigenvalue weighted by molar-refractivity contribution is 6.36. The molecule has 2 aromatic heterocycles. The number of hydrogen-bond acceptors (Lipinski definition) is 5. The molecule has 0 aliphatic heterocycles. The van der Waals surface area contributed by atoms with E-state index in [0.717, 1.165) is 22.3 Å². The summed E-state index contributed by atoms with van der Waals surface area (Å²) in [7, 11) is 1.86. The molecule has 0 aliphatic carbocycles. The van der Waals surface area contributed by atoms with E-state index in [9.17, 15) is 0 Å². The molecule has 0 atom stereocenters. The van der Waals surface area contributed by atoms with Gasteiger partial charge >= 0.3 is 0 Å². The Hall–Kier alpha value is -2.63. The quantitative estimate of drug-likeness (QED) is 0.485. The van der Waals surface area contributed by atoms with Crippen LogP contribution in [0.1, 0.15) is 0 Å². The van der Waals surface area contributed by atoms with Crippen molar-refractivity contribution in [2.24, 2.45) is 0 Å². The predicted octanol–water partition coefficient (Wildman–Crippen LogP) is 5.36. The van der Waals surface area contributed by atoms with Gasteiger partial charge in [-0.2, -0.15) is 0 Å². The number of nitrogens with zero attached hydrogens (tertiary/aromatic N) is 4. The van der Waals surface area contributed by atoms with Crippen molar-refractivity contribution in [1.82, 2.24) is 15.1 Å². The van der Waals surface area contributed by atoms with E-state index in [-0.39, 0.29) is 0 Å². The largest absolute Gasteiger partial charge is 0.338 e. The molecule has 4 rings (SSSR count). The molecule has 4 aromatic rings. The van der Waals surface area contributed by atoms with Crippen LogP contribution in [0.3, 0.4) is 0 Å². The highest BCUT2D eigenvalue weighted by Gasteiger charge is 2.16. The summed E-state index contributed by atoms with van der Waals surface area (Å²) in [6, 6.07) is 14.9. The van der Waals surface area contributed by atoms with Gasteiger partial charge in [-0.05, 0) is 30.3 Å². The monoisotopic (exact) mass is 370 g/mol. The lowest BCUT2D eigenvalue weighted by atomic mass is 10.1. The zero-order valence-electron chi connectivity index (χ0n) is 13.1. The molecular weight excluding hydrogens is 359 g/mol. The summed E-state index contributed by atoms with van der Waals surface area (Å²) in [6.45, 7) is 0. The zero-order valence-corrected chi connectivity index (χ0v) is 14.7. The lowest BCUT2D eigenvalue weighted by Crippen LogP contribution is -2.11. The third-order valence-electron chi connectivity index (χ3n) is 3.87. The summed E-state index contributed by atoms with van der Waals surface area (Å²) in [5, 5.41) is 6.13. The molecular formula is C18H12Cl2N4O. The smallest absolute Gasteiger partial charge is 0.233 e. The summed E-state index contributed by atoms with van der Waals surface area (Å²) >= 11 is 12.2. The van der Waals surface area contributed by atoms with Crippen molar-refractivity contribution in [3.8, 4) is 11.3 Å². The van der Waals surface area contributed by atoms with E-state index in [1.54, 1.807) is 12.1 Å². The number of fused-ring (bicyclic) bond motifs is 1. The van der Waals surface area contributed by atoms with Crippen molar-refractivity contribution in [1.29, 1.82) is 0 Å². The van der Waals surface area contributed by atoms with E-state index in [2.05, 4.69) is 15.1 Å². The molecule has 0 radical (unpaired) electrons. The molecule has 2 aromatic carbocycles. The van der Waals surface area contributed by atoms with Crippen molar-refractivity contribution in [3.05, 3.63) is 64.9 Å². The molecule has 25 heavy (non-hydrogen) atoms. The van der Waals surface area contributed by atoms with Crippen LogP contribution < -0.4 is 4.90 Å². The van der Waals surface area contributed by atoms with E-state index in [4.69, 9.17) is 27.7 Å². The minimum absolute atomic E-state index is 0.516. The van der Waals surface area contributed by atoms with Crippen LogP contribution in [-0.4, -0.2) is 22.2 Å². The third-order valence-corrected chi connectivity index (χ3v) is 4.42. The number of anilines is 2. The van der Waals surface area contributed by atoms with E-state index >= 15 is 0 Å². The van der Waals surface area contributed by atoms with Gasteiger partial charge in [0.15, 0.2) is 0 Å². The molecule has 0 aliphatic rings. The summed E-state index contributed by atoms with van der Waals surface area (Å²) in [6.07, 6.45) is 1.53. The molecule has 0 N–H and O–H groups in total. The summed E-state index contributed by atoms with van der Waals surface area (Å²) in [5.41, 5.74) is 2.24. The predicted molar refractivity (Wildman–Crippen MR) is 99.6 cm³/mol. The second-order valence-corrected chi connectivity index (χ2v) is 6.29. The van der Waals surface area contributed by atoms with Gasteiger partial charge in [0, 0.05) is 29.1 Å². The molecule has 5 nitrogen and oxygen atoms in total. The fraction of sp³-hybridized carbons (Fsp3) is 0.0556. The van der Waals surface area contributed by atoms with Crippen LogP contribution in [0.25, 0.3) is 22.2 Å². The molecule has 0 bridgehead atoms. The van der Waals surface area contributed by atoms with E-state index in [1.807, 2.05) is 48.3 Å². The van der Waals surface area contributed by atoms with E-state index < -0.39 is 0 Å². The molecule has 7 heteroatoms. The van der Waals surface area contributed by atoms with E-state index in [0.29, 0.717) is 21.6 Å². The summed E-state index contributed by atoms with van der Waals surface area (Å²) in [4.78, 5) is 10.5. The molecule has 124 valence electrons. The van der Waals surface area contributed by atoms with Crippen LogP contribution in [-0.2, 0) is 0 Å². The van der Waals surface area contributed by atoms with Crippen molar-refractivity contribution in [2.45, 2.75) is 0 Å². The Morgan fingerprint density at radius 2 is 1.84 bits per heavy atom. The minimum atomic E-state index is 0.516. The highest BCUT2D eigenvalue weighted by Crippen LogP contribution is 2.34. The van der Waals surface area contributed by atoms with Crippen LogP contribution in [0.15, 0.2) is 59.4 Å². The number of benzene rings is 2. The van der Waals surface area contributed by atoms with Crippen LogP contribution in [0.5, 0.6) is 0 Å². The van der Waals surface area contributed by atoms with Crippen LogP contribution >= 0.6 is 23.2 Å². The Bertz CT molecular complexity index is 1060. The highest BCUT2D eigenvalue weighted by atomic mass is 35.5. The van der Waals surface area contributed by atoms with Crippen molar-refractivity contribution >= 4 is 45.8 Å². The molecule has 0 saturated heterocycles. The van der Waals surface area contributed by atoms with Gasteiger partial charge in [0.2, 0.25) is 5.88 Å². The first-order chi connectivity index (χ1) is 12.1. The number of rotatable bonds is 3. The summed E-state index contributed by atoms with van der Waals surface area (Å²) in [5.74, 6) is 1.28. The van der Waals surface area contributed by atoms with Crippen molar-refractivity contribution in [2.75, 3.05) is 11.9 Å². The van der Waals surface area contributed by atoms with Crippen molar-refractivity contribution < 1.29 is 4.52 Å². The fourth-order valence-electron chi connectivity index (χ4n) is 2.61. The lowest BCUT2D eigenvalue weighted by molar-refractivity contribution is 0.428. The maximum Gasteiger partial charge on any atom is 0.233 e. The minimum Gasteiger partial charge on any atom is -0.338 e. The molecule has 0 spiro atoms. The Morgan fingerprint density at radius 3 is 2.68 bits per heavy atom. The number of halogens is 2. The average Bonchev–Trinajstić information content (AvgIpc) is 3.10. The third kappa shape index (κ3) is 2.92. The number of aromatic nitrogens is 3. The topological polar surface area (TPSA) is 55.1 Å². The van der Waals surface area contributed by atoms with Gasteiger partial charge in [0.05, 0.1) is 10.5 Å². The van der Waals surface area contributed by atoms with Crippen molar-refractivity contribution in [3.63, 3.8) is 0 Å². The van der Waals surface area contributed by atoms with Gasteiger partial charge < -0.3 is 4.52 Å². The Kier molecular flexibility index (Phi) is 4.03. The Labute approximate surface area is 153 Å². The second-order valence-electron chi connectivity index (χ2n) is 5.45. The normalized spacial score (nSPS) is 11.0. The number of para-hydroxylation sites is 1. The van der Waals surface area contributed by atoms with Gasteiger partial charge in [-0.15, -0.1) is 0 Å². The fourth-order valence-corrected chi connectivity index (χ4v) is 3.12. The summed E-state index contributed by atoms with van der Waals surface area (Å²) < 4.78 is 5.49. The Morgan fingerprint density at radius 1 is 1.00 bits per heavy atom. The Balaban J connectivity index is 1.74. The van der Waals surface area contributed by atoms with Crippen LogP contribution in [0, 0.1) is 0 Å². The standard InChI is InChI=1S/C18H12Cl2N4O/c1-24(18-13-4-2-3-5-15(13)21-10-22-18)17-9-16(23-25-17)12-7-6-11(19)8-14(12)20/h2-10H,1H3. The second kappa shape index (κ2) is 6.35. The first-order valence-corrected chi connectivity index (χ1v) is 8.24. The number of hydrogen-bond donors (Lipinski definition) is 0. The van der Waals surface area contributed by atoms with Crippen LogP contribution in [0.4, 0.5) is 11.7 Å². The average molecular weight is 371 g/mol. The maximum atomic E-state index is 6.25. The first-order valence-electron chi connectivity index (χ1n) is 7.49. The SMILES string of the molecule is CN(c1cc(-c2ccc(Cl)cc2Cl)no1)c1ncnc2ccccc12.